The number of halogens is 2. The molecule has 0 atom stereocenters. The zero-order valence-electron chi connectivity index (χ0n) is 16.5. The average molecular weight is 550 g/mol. The van der Waals surface area contributed by atoms with Crippen LogP contribution in [0, 0.1) is 0 Å². The highest BCUT2D eigenvalue weighted by molar-refractivity contribution is 14.0. The molecule has 1 saturated heterocycles. The largest absolute Gasteiger partial charge is 0.356 e. The summed E-state index contributed by atoms with van der Waals surface area (Å²) in [6, 6.07) is 8.71. The van der Waals surface area contributed by atoms with Crippen molar-refractivity contribution in [3.05, 3.63) is 34.3 Å². The SMILES string of the molecule is CN=C(NCCN1CCCN(C)CC1)NCC1(c2cccc(Br)c2)CC1.I. The molecule has 0 amide bonds. The summed E-state index contributed by atoms with van der Waals surface area (Å²) in [7, 11) is 4.07. The number of likely N-dealkylation sites (N-methyl/N-ethyl adjacent to an activating group) is 1. The molecular formula is C20H33BrIN5. The maximum absolute atomic E-state index is 4.40. The van der Waals surface area contributed by atoms with E-state index in [0.29, 0.717) is 0 Å². The fraction of sp³-hybridized carbons (Fsp3) is 0.650. The highest BCUT2D eigenvalue weighted by Gasteiger charge is 2.44. The van der Waals surface area contributed by atoms with Crippen LogP contribution in [-0.2, 0) is 5.41 Å². The van der Waals surface area contributed by atoms with Gasteiger partial charge in [0.2, 0.25) is 0 Å². The second-order valence-corrected chi connectivity index (χ2v) is 8.56. The molecule has 1 aliphatic heterocycles. The maximum atomic E-state index is 4.40. The molecule has 2 N–H and O–H groups in total. The van der Waals surface area contributed by atoms with Gasteiger partial charge >= 0.3 is 0 Å². The van der Waals surface area contributed by atoms with Crippen LogP contribution >= 0.6 is 39.9 Å². The van der Waals surface area contributed by atoms with Crippen molar-refractivity contribution in [3.63, 3.8) is 0 Å². The van der Waals surface area contributed by atoms with Crippen molar-refractivity contribution in [1.29, 1.82) is 0 Å². The third-order valence-electron chi connectivity index (χ3n) is 5.64. The van der Waals surface area contributed by atoms with E-state index in [2.05, 4.69) is 72.7 Å². The minimum absolute atomic E-state index is 0. The maximum Gasteiger partial charge on any atom is 0.191 e. The summed E-state index contributed by atoms with van der Waals surface area (Å²) < 4.78 is 1.16. The molecule has 1 aromatic carbocycles. The Morgan fingerprint density at radius 2 is 2.00 bits per heavy atom. The molecule has 5 nitrogen and oxygen atoms in total. The summed E-state index contributed by atoms with van der Waals surface area (Å²) in [5.41, 5.74) is 1.69. The zero-order chi connectivity index (χ0) is 18.4. The van der Waals surface area contributed by atoms with Crippen molar-refractivity contribution < 1.29 is 0 Å². The number of hydrogen-bond donors (Lipinski definition) is 2. The van der Waals surface area contributed by atoms with Crippen LogP contribution in [0.1, 0.15) is 24.8 Å². The summed E-state index contributed by atoms with van der Waals surface area (Å²) in [6.45, 7) is 7.70. The third kappa shape index (κ3) is 6.87. The van der Waals surface area contributed by atoms with Crippen LogP contribution in [0.5, 0.6) is 0 Å². The summed E-state index contributed by atoms with van der Waals surface area (Å²) >= 11 is 3.59. The van der Waals surface area contributed by atoms with Crippen LogP contribution in [0.25, 0.3) is 0 Å². The van der Waals surface area contributed by atoms with E-state index in [0.717, 1.165) is 36.6 Å². The molecule has 1 heterocycles. The minimum Gasteiger partial charge on any atom is -0.356 e. The first-order valence-electron chi connectivity index (χ1n) is 9.73. The summed E-state index contributed by atoms with van der Waals surface area (Å²) in [5, 5.41) is 7.03. The van der Waals surface area contributed by atoms with E-state index < -0.39 is 0 Å². The Labute approximate surface area is 189 Å². The Bertz CT molecular complexity index is 620. The topological polar surface area (TPSA) is 42.9 Å². The highest BCUT2D eigenvalue weighted by atomic mass is 127. The van der Waals surface area contributed by atoms with Gasteiger partial charge in [0.1, 0.15) is 0 Å². The van der Waals surface area contributed by atoms with Crippen molar-refractivity contribution in [2.75, 3.05) is 59.9 Å². The molecular weight excluding hydrogens is 517 g/mol. The van der Waals surface area contributed by atoms with Gasteiger partial charge in [0.15, 0.2) is 5.96 Å². The van der Waals surface area contributed by atoms with Crippen LogP contribution in [0.4, 0.5) is 0 Å². The third-order valence-corrected chi connectivity index (χ3v) is 6.13. The molecule has 2 fully saturated rings. The number of nitrogens with zero attached hydrogens (tertiary/aromatic N) is 3. The molecule has 0 aromatic heterocycles. The van der Waals surface area contributed by atoms with E-state index in [9.17, 15) is 0 Å². The van der Waals surface area contributed by atoms with Gasteiger partial charge in [0, 0.05) is 49.7 Å². The Hall–Kier alpha value is -0.380. The van der Waals surface area contributed by atoms with E-state index >= 15 is 0 Å². The van der Waals surface area contributed by atoms with Gasteiger partial charge in [-0.2, -0.15) is 0 Å². The van der Waals surface area contributed by atoms with Crippen LogP contribution in [0.15, 0.2) is 33.7 Å². The first-order chi connectivity index (χ1) is 12.6. The average Bonchev–Trinajstić information content (AvgIpc) is 3.44. The lowest BCUT2D eigenvalue weighted by atomic mass is 9.96. The lowest BCUT2D eigenvalue weighted by molar-refractivity contribution is 0.280. The van der Waals surface area contributed by atoms with Gasteiger partial charge in [-0.3, -0.25) is 4.99 Å². The van der Waals surface area contributed by atoms with Gasteiger partial charge in [0.05, 0.1) is 0 Å². The van der Waals surface area contributed by atoms with Crippen molar-refractivity contribution in [2.45, 2.75) is 24.7 Å². The van der Waals surface area contributed by atoms with Crippen LogP contribution in [-0.4, -0.2) is 75.7 Å². The molecule has 2 aliphatic rings. The molecule has 0 radical (unpaired) electrons. The summed E-state index contributed by atoms with van der Waals surface area (Å²) in [4.78, 5) is 9.37. The van der Waals surface area contributed by atoms with Gasteiger partial charge < -0.3 is 20.4 Å². The second kappa shape index (κ2) is 11.0. The first-order valence-corrected chi connectivity index (χ1v) is 10.5. The Kier molecular flexibility index (Phi) is 9.31. The predicted octanol–water partition coefficient (Wildman–Crippen LogP) is 2.90. The monoisotopic (exact) mass is 549 g/mol. The quantitative estimate of drug-likeness (QED) is 0.325. The molecule has 3 rings (SSSR count). The minimum atomic E-state index is 0. The van der Waals surface area contributed by atoms with Gasteiger partial charge in [-0.25, -0.2) is 0 Å². The molecule has 7 heteroatoms. The van der Waals surface area contributed by atoms with E-state index in [4.69, 9.17) is 0 Å². The number of benzene rings is 1. The number of nitrogens with one attached hydrogen (secondary N) is 2. The smallest absolute Gasteiger partial charge is 0.191 e. The van der Waals surface area contributed by atoms with Gasteiger partial charge in [-0.1, -0.05) is 28.1 Å². The second-order valence-electron chi connectivity index (χ2n) is 7.64. The van der Waals surface area contributed by atoms with Gasteiger partial charge in [0.25, 0.3) is 0 Å². The highest BCUT2D eigenvalue weighted by Crippen LogP contribution is 2.48. The van der Waals surface area contributed by atoms with Crippen molar-refractivity contribution in [1.82, 2.24) is 20.4 Å². The predicted molar refractivity (Wildman–Crippen MR) is 128 cm³/mol. The number of rotatable bonds is 6. The number of aliphatic imine (C=N–C) groups is 1. The van der Waals surface area contributed by atoms with Crippen LogP contribution in [0.2, 0.25) is 0 Å². The molecule has 0 spiro atoms. The first kappa shape index (κ1) is 22.9. The lowest BCUT2D eigenvalue weighted by Gasteiger charge is -2.22. The lowest BCUT2D eigenvalue weighted by Crippen LogP contribution is -2.44. The van der Waals surface area contributed by atoms with Crippen molar-refractivity contribution >= 4 is 45.9 Å². The molecule has 27 heavy (non-hydrogen) atoms. The zero-order valence-corrected chi connectivity index (χ0v) is 20.4. The van der Waals surface area contributed by atoms with E-state index in [1.807, 2.05) is 7.05 Å². The molecule has 0 unspecified atom stereocenters. The standard InChI is InChI=1S/C20H32BrN5.HI/c1-22-19(23-9-12-26-11-4-10-25(2)13-14-26)24-16-20(7-8-20)17-5-3-6-18(21)15-17;/h3,5-6,15H,4,7-14,16H2,1-2H3,(H2,22,23,24);1H. The molecule has 152 valence electrons. The van der Waals surface area contributed by atoms with E-state index in [1.165, 1.54) is 44.5 Å². The van der Waals surface area contributed by atoms with Crippen LogP contribution < -0.4 is 10.6 Å². The molecule has 1 aromatic rings. The van der Waals surface area contributed by atoms with Crippen molar-refractivity contribution in [2.24, 2.45) is 4.99 Å². The molecule has 1 saturated carbocycles. The Morgan fingerprint density at radius 1 is 1.19 bits per heavy atom. The normalized spacial score (nSPS) is 20.5. The Balaban J connectivity index is 0.00000261. The summed E-state index contributed by atoms with van der Waals surface area (Å²) in [5.74, 6) is 0.915. The fourth-order valence-corrected chi connectivity index (χ4v) is 4.07. The van der Waals surface area contributed by atoms with Gasteiger partial charge in [-0.05, 0) is 57.1 Å². The van der Waals surface area contributed by atoms with E-state index in [1.54, 1.807) is 0 Å². The van der Waals surface area contributed by atoms with Crippen LogP contribution in [0.3, 0.4) is 0 Å². The Morgan fingerprint density at radius 3 is 2.70 bits per heavy atom. The molecule has 1 aliphatic carbocycles. The number of guanidine groups is 1. The molecule has 0 bridgehead atoms. The van der Waals surface area contributed by atoms with Crippen molar-refractivity contribution in [3.8, 4) is 0 Å². The van der Waals surface area contributed by atoms with Gasteiger partial charge in [-0.15, -0.1) is 24.0 Å². The van der Waals surface area contributed by atoms with E-state index in [-0.39, 0.29) is 29.4 Å². The summed E-state index contributed by atoms with van der Waals surface area (Å²) in [6.07, 6.45) is 3.75. The fourth-order valence-electron chi connectivity index (χ4n) is 3.67. The number of hydrogen-bond acceptors (Lipinski definition) is 3.